The summed E-state index contributed by atoms with van der Waals surface area (Å²) in [6.07, 6.45) is 1.45. The van der Waals surface area contributed by atoms with Crippen LogP contribution in [0, 0.1) is 0 Å². The number of carbonyl (C=O) groups excluding carboxylic acids is 4. The van der Waals surface area contributed by atoms with Crippen LogP contribution in [0.1, 0.15) is 60.7 Å². The Labute approximate surface area is 251 Å². The molecule has 0 radical (unpaired) electrons. The van der Waals surface area contributed by atoms with Gasteiger partial charge < -0.3 is 20.1 Å². The number of methoxy groups -OCH3 is 2. The lowest BCUT2D eigenvalue weighted by atomic mass is 9.94. The van der Waals surface area contributed by atoms with Gasteiger partial charge >= 0.3 is 11.9 Å². The van der Waals surface area contributed by atoms with E-state index in [1.54, 1.807) is 72.8 Å². The van der Waals surface area contributed by atoms with Gasteiger partial charge in [-0.15, -0.1) is 0 Å². The molecule has 4 rings (SSSR count). The number of hydrogen-bond donors (Lipinski definition) is 2. The van der Waals surface area contributed by atoms with Crippen molar-refractivity contribution in [2.24, 2.45) is 0 Å². The highest BCUT2D eigenvalue weighted by Crippen LogP contribution is 2.21. The molecule has 0 spiro atoms. The summed E-state index contributed by atoms with van der Waals surface area (Å²) >= 11 is 0. The average molecular weight is 579 g/mol. The molecule has 8 heteroatoms. The summed E-state index contributed by atoms with van der Waals surface area (Å²) in [5.41, 5.74) is 3.34. The molecule has 0 saturated heterocycles. The van der Waals surface area contributed by atoms with E-state index in [9.17, 15) is 19.2 Å². The van der Waals surface area contributed by atoms with Crippen LogP contribution in [0.15, 0.2) is 109 Å². The van der Waals surface area contributed by atoms with E-state index in [0.717, 1.165) is 0 Å². The summed E-state index contributed by atoms with van der Waals surface area (Å²) < 4.78 is 9.55. The number of esters is 2. The number of anilines is 2. The van der Waals surface area contributed by atoms with E-state index < -0.39 is 24.0 Å². The van der Waals surface area contributed by atoms with Gasteiger partial charge in [-0.3, -0.25) is 9.59 Å². The highest BCUT2D eigenvalue weighted by Gasteiger charge is 2.24. The molecule has 0 aliphatic carbocycles. The van der Waals surface area contributed by atoms with Crippen LogP contribution in [0.5, 0.6) is 0 Å². The van der Waals surface area contributed by atoms with Crippen molar-refractivity contribution in [1.82, 2.24) is 0 Å². The number of ether oxygens (including phenoxy) is 2. The highest BCUT2D eigenvalue weighted by atomic mass is 16.5. The van der Waals surface area contributed by atoms with E-state index in [1.807, 2.05) is 36.4 Å². The van der Waals surface area contributed by atoms with Crippen molar-refractivity contribution in [2.75, 3.05) is 24.9 Å². The maximum absolute atomic E-state index is 13.5. The number of nitrogens with one attached hydrogen (secondary N) is 2. The SMILES string of the molecule is COC(=O)c1ccc(NC(CCCC(Nc2ccc(C(=O)OC)cc2)C(=O)c2ccccc2)C(=O)c2ccccc2)cc1. The minimum absolute atomic E-state index is 0.0741. The first-order chi connectivity index (χ1) is 20.9. The normalized spacial score (nSPS) is 12.0. The van der Waals surface area contributed by atoms with Crippen LogP contribution in [0.25, 0.3) is 0 Å². The largest absolute Gasteiger partial charge is 0.465 e. The second-order valence-electron chi connectivity index (χ2n) is 9.92. The van der Waals surface area contributed by atoms with Gasteiger partial charge in [-0.1, -0.05) is 60.7 Å². The fourth-order valence-corrected chi connectivity index (χ4v) is 4.71. The molecule has 0 amide bonds. The zero-order valence-corrected chi connectivity index (χ0v) is 24.1. The molecule has 220 valence electrons. The van der Waals surface area contributed by atoms with Crippen LogP contribution in [0.4, 0.5) is 11.4 Å². The Balaban J connectivity index is 1.51. The molecule has 0 bridgehead atoms. The van der Waals surface area contributed by atoms with Crippen LogP contribution in [0.2, 0.25) is 0 Å². The predicted octanol–water partition coefficient (Wildman–Crippen LogP) is 6.46. The molecular formula is C35H34N2O6. The zero-order valence-electron chi connectivity index (χ0n) is 24.1. The van der Waals surface area contributed by atoms with Gasteiger partial charge in [-0.05, 0) is 67.8 Å². The summed E-state index contributed by atoms with van der Waals surface area (Å²) in [7, 11) is 2.65. The molecule has 2 N–H and O–H groups in total. The molecule has 0 fully saturated rings. The number of rotatable bonds is 14. The second-order valence-corrected chi connectivity index (χ2v) is 9.92. The number of hydrogen-bond acceptors (Lipinski definition) is 8. The van der Waals surface area contributed by atoms with Crippen molar-refractivity contribution >= 4 is 34.9 Å². The maximum Gasteiger partial charge on any atom is 0.337 e. The highest BCUT2D eigenvalue weighted by molar-refractivity contribution is 6.02. The zero-order chi connectivity index (χ0) is 30.6. The molecular weight excluding hydrogens is 544 g/mol. The van der Waals surface area contributed by atoms with Crippen molar-refractivity contribution in [3.8, 4) is 0 Å². The lowest BCUT2D eigenvalue weighted by Crippen LogP contribution is -2.32. The lowest BCUT2D eigenvalue weighted by molar-refractivity contribution is 0.0592. The van der Waals surface area contributed by atoms with Gasteiger partial charge in [-0.25, -0.2) is 9.59 Å². The van der Waals surface area contributed by atoms with E-state index in [4.69, 9.17) is 9.47 Å². The topological polar surface area (TPSA) is 111 Å². The molecule has 8 nitrogen and oxygen atoms in total. The van der Waals surface area contributed by atoms with Crippen molar-refractivity contribution in [3.05, 3.63) is 131 Å². The van der Waals surface area contributed by atoms with Crippen LogP contribution >= 0.6 is 0 Å². The maximum atomic E-state index is 13.5. The minimum Gasteiger partial charge on any atom is -0.465 e. The summed E-state index contributed by atoms with van der Waals surface area (Å²) in [5.74, 6) is -1.03. The molecule has 43 heavy (non-hydrogen) atoms. The molecule has 2 unspecified atom stereocenters. The van der Waals surface area contributed by atoms with E-state index in [2.05, 4.69) is 10.6 Å². The van der Waals surface area contributed by atoms with E-state index >= 15 is 0 Å². The summed E-state index contributed by atoms with van der Waals surface area (Å²) in [6, 6.07) is 30.5. The molecule has 4 aromatic carbocycles. The standard InChI is InChI=1S/C35H34N2O6/c1-42-34(40)26-16-20-28(21-17-26)36-30(32(38)24-10-5-3-6-11-24)14-9-15-31(33(39)25-12-7-4-8-13-25)37-29-22-18-27(19-23-29)35(41)43-2/h3-8,10-13,16-23,30-31,36-37H,9,14-15H2,1-2H3. The third kappa shape index (κ3) is 8.39. The second kappa shape index (κ2) is 15.1. The average Bonchev–Trinajstić information content (AvgIpc) is 3.07. The molecule has 4 aromatic rings. The minimum atomic E-state index is -0.571. The Morgan fingerprint density at radius 1 is 0.512 bits per heavy atom. The first-order valence-corrected chi connectivity index (χ1v) is 14.0. The van der Waals surface area contributed by atoms with Crippen molar-refractivity contribution < 1.29 is 28.7 Å². The van der Waals surface area contributed by atoms with E-state index in [-0.39, 0.29) is 11.6 Å². The van der Waals surface area contributed by atoms with Crippen LogP contribution < -0.4 is 10.6 Å². The van der Waals surface area contributed by atoms with Crippen LogP contribution in [0.3, 0.4) is 0 Å². The Morgan fingerprint density at radius 3 is 1.19 bits per heavy atom. The third-order valence-corrected chi connectivity index (χ3v) is 7.03. The Hall–Kier alpha value is -5.24. The third-order valence-electron chi connectivity index (χ3n) is 7.03. The number of Topliss-reactive ketones (excluding diaryl/α,β-unsaturated/α-hetero) is 2. The van der Waals surface area contributed by atoms with Gasteiger partial charge in [0.25, 0.3) is 0 Å². The molecule has 0 aromatic heterocycles. The number of carbonyl (C=O) groups is 4. The number of benzene rings is 4. The smallest absolute Gasteiger partial charge is 0.337 e. The van der Waals surface area contributed by atoms with Gasteiger partial charge in [0.1, 0.15) is 0 Å². The summed E-state index contributed by atoms with van der Waals surface area (Å²) in [5, 5.41) is 6.63. The van der Waals surface area contributed by atoms with Gasteiger partial charge in [0, 0.05) is 22.5 Å². The number of ketones is 2. The van der Waals surface area contributed by atoms with Gasteiger partial charge in [0.05, 0.1) is 37.4 Å². The first kappa shape index (κ1) is 30.7. The van der Waals surface area contributed by atoms with Crippen LogP contribution in [-0.4, -0.2) is 49.8 Å². The lowest BCUT2D eigenvalue weighted by Gasteiger charge is -2.22. The molecule has 0 saturated carbocycles. The summed E-state index contributed by atoms with van der Waals surface area (Å²) in [6.45, 7) is 0. The fraction of sp³-hybridized carbons (Fsp3) is 0.200. The van der Waals surface area contributed by atoms with Crippen molar-refractivity contribution in [1.29, 1.82) is 0 Å². The molecule has 0 aliphatic heterocycles. The van der Waals surface area contributed by atoms with Gasteiger partial charge in [0.2, 0.25) is 0 Å². The fourth-order valence-electron chi connectivity index (χ4n) is 4.71. The summed E-state index contributed by atoms with van der Waals surface area (Å²) in [4.78, 5) is 50.8. The Kier molecular flexibility index (Phi) is 10.8. The monoisotopic (exact) mass is 578 g/mol. The van der Waals surface area contributed by atoms with Crippen molar-refractivity contribution in [2.45, 2.75) is 31.3 Å². The van der Waals surface area contributed by atoms with E-state index in [1.165, 1.54) is 14.2 Å². The Morgan fingerprint density at radius 2 is 0.860 bits per heavy atom. The predicted molar refractivity (Wildman–Crippen MR) is 166 cm³/mol. The van der Waals surface area contributed by atoms with Gasteiger partial charge in [-0.2, -0.15) is 0 Å². The van der Waals surface area contributed by atoms with Crippen LogP contribution in [-0.2, 0) is 9.47 Å². The van der Waals surface area contributed by atoms with Gasteiger partial charge in [0.15, 0.2) is 11.6 Å². The Bertz CT molecular complexity index is 1400. The molecule has 2 atom stereocenters. The van der Waals surface area contributed by atoms with E-state index in [0.29, 0.717) is 52.9 Å². The van der Waals surface area contributed by atoms with Crippen molar-refractivity contribution in [3.63, 3.8) is 0 Å². The quantitative estimate of drug-likeness (QED) is 0.130. The first-order valence-electron chi connectivity index (χ1n) is 14.0. The molecule has 0 aliphatic rings. The molecule has 0 heterocycles.